The number of carbonyl (C=O) groups excluding carboxylic acids is 2. The Balaban J connectivity index is 2.09. The van der Waals surface area contributed by atoms with Crippen LogP contribution in [0.5, 0.6) is 0 Å². The Morgan fingerprint density at radius 3 is 2.62 bits per heavy atom. The molecule has 4 N–H and O–H groups in total. The molecule has 29 heavy (non-hydrogen) atoms. The first-order valence-corrected chi connectivity index (χ1v) is 9.01. The third-order valence-electron chi connectivity index (χ3n) is 4.28. The molecular weight excluding hydrogens is 372 g/mol. The van der Waals surface area contributed by atoms with Crippen molar-refractivity contribution in [2.75, 3.05) is 0 Å². The number of nitrogens with one attached hydrogen (secondary N) is 1. The molecule has 0 aliphatic carbocycles. The van der Waals surface area contributed by atoms with E-state index < -0.39 is 17.8 Å². The molecule has 1 heterocycles. The maximum absolute atomic E-state index is 12.6. The van der Waals surface area contributed by atoms with Crippen molar-refractivity contribution in [2.24, 2.45) is 10.7 Å². The van der Waals surface area contributed by atoms with Gasteiger partial charge < -0.3 is 20.4 Å². The lowest BCUT2D eigenvalue weighted by molar-refractivity contribution is -0.131. The Morgan fingerprint density at radius 2 is 1.93 bits per heavy atom. The number of aromatic nitrogens is 2. The van der Waals surface area contributed by atoms with Gasteiger partial charge in [-0.05, 0) is 48.4 Å². The number of primary amides is 1. The lowest BCUT2D eigenvalue weighted by atomic mass is 10.1. The highest BCUT2D eigenvalue weighted by molar-refractivity contribution is 5.99. The number of aromatic amines is 1. The second kappa shape index (κ2) is 8.39. The highest BCUT2D eigenvalue weighted by Crippen LogP contribution is 2.15. The SMILES string of the molecule is CCCn1/c(=N/C(=O)c2cccc(C(N)=O)c2)[nH]c2ccc(/C=C/C(=O)O)cc21. The van der Waals surface area contributed by atoms with Crippen molar-refractivity contribution in [1.29, 1.82) is 0 Å². The van der Waals surface area contributed by atoms with Gasteiger partial charge in [-0.1, -0.05) is 19.1 Å². The number of nitrogens with two attached hydrogens (primary N) is 1. The number of carboxylic acids is 1. The van der Waals surface area contributed by atoms with Crippen LogP contribution in [0.15, 0.2) is 53.5 Å². The molecule has 0 spiro atoms. The summed E-state index contributed by atoms with van der Waals surface area (Å²) in [5.74, 6) is -2.15. The van der Waals surface area contributed by atoms with Crippen molar-refractivity contribution in [2.45, 2.75) is 19.9 Å². The van der Waals surface area contributed by atoms with Crippen molar-refractivity contribution in [3.8, 4) is 0 Å². The van der Waals surface area contributed by atoms with Gasteiger partial charge in [-0.3, -0.25) is 9.59 Å². The molecule has 3 rings (SSSR count). The number of imidazole rings is 1. The zero-order chi connectivity index (χ0) is 21.0. The van der Waals surface area contributed by atoms with Crippen molar-refractivity contribution in [3.05, 3.63) is 70.8 Å². The molecule has 0 saturated carbocycles. The van der Waals surface area contributed by atoms with Crippen LogP contribution in [0.1, 0.15) is 39.6 Å². The number of hydrogen-bond acceptors (Lipinski definition) is 3. The highest BCUT2D eigenvalue weighted by Gasteiger charge is 2.10. The molecule has 0 aliphatic rings. The molecule has 148 valence electrons. The molecule has 0 unspecified atom stereocenters. The van der Waals surface area contributed by atoms with Gasteiger partial charge in [0.15, 0.2) is 0 Å². The van der Waals surface area contributed by atoms with Gasteiger partial charge in [-0.25, -0.2) is 4.79 Å². The lowest BCUT2D eigenvalue weighted by Gasteiger charge is -2.03. The summed E-state index contributed by atoms with van der Waals surface area (Å²) in [6, 6.07) is 11.5. The summed E-state index contributed by atoms with van der Waals surface area (Å²) in [5.41, 5.74) is 8.43. The number of benzene rings is 2. The van der Waals surface area contributed by atoms with E-state index >= 15 is 0 Å². The first-order valence-electron chi connectivity index (χ1n) is 9.01. The molecule has 2 aromatic carbocycles. The van der Waals surface area contributed by atoms with Crippen LogP contribution < -0.4 is 11.4 Å². The van der Waals surface area contributed by atoms with Crippen LogP contribution in [0.25, 0.3) is 17.1 Å². The van der Waals surface area contributed by atoms with E-state index in [0.717, 1.165) is 29.1 Å². The fraction of sp³-hybridized carbons (Fsp3) is 0.143. The average Bonchev–Trinajstić information content (AvgIpc) is 3.03. The topological polar surface area (TPSA) is 131 Å². The number of hydrogen-bond donors (Lipinski definition) is 3. The minimum absolute atomic E-state index is 0.235. The predicted octanol–water partition coefficient (Wildman–Crippen LogP) is 2.32. The van der Waals surface area contributed by atoms with E-state index in [4.69, 9.17) is 10.8 Å². The fourth-order valence-electron chi connectivity index (χ4n) is 2.96. The molecule has 0 bridgehead atoms. The van der Waals surface area contributed by atoms with Crippen LogP contribution in [-0.2, 0) is 11.3 Å². The Labute approximate surface area is 166 Å². The van der Waals surface area contributed by atoms with Crippen LogP contribution in [0.3, 0.4) is 0 Å². The predicted molar refractivity (Wildman–Crippen MR) is 108 cm³/mol. The standard InChI is InChI=1S/C21H20N4O4/c1-2-10-25-17-11-13(7-9-18(26)27)6-8-16(17)23-21(25)24-20(29)15-5-3-4-14(12-15)19(22)28/h3-9,11-12H,2,10H2,1H3,(H2,22,28)(H,26,27)(H,23,24,29)/b9-7+. The van der Waals surface area contributed by atoms with E-state index in [1.165, 1.54) is 18.2 Å². The summed E-state index contributed by atoms with van der Waals surface area (Å²) >= 11 is 0. The molecule has 0 atom stereocenters. The van der Waals surface area contributed by atoms with Crippen molar-refractivity contribution in [1.82, 2.24) is 9.55 Å². The van der Waals surface area contributed by atoms with Gasteiger partial charge >= 0.3 is 5.97 Å². The number of H-pyrrole nitrogens is 1. The smallest absolute Gasteiger partial charge is 0.328 e. The monoisotopic (exact) mass is 392 g/mol. The van der Waals surface area contributed by atoms with E-state index in [1.54, 1.807) is 24.3 Å². The number of rotatable bonds is 6. The van der Waals surface area contributed by atoms with Crippen molar-refractivity contribution >= 4 is 34.9 Å². The first kappa shape index (κ1) is 19.8. The third-order valence-corrected chi connectivity index (χ3v) is 4.28. The summed E-state index contributed by atoms with van der Waals surface area (Å²) in [5, 5.41) is 8.81. The van der Waals surface area contributed by atoms with Crippen LogP contribution >= 0.6 is 0 Å². The quantitative estimate of drug-likeness (QED) is 0.556. The highest BCUT2D eigenvalue weighted by atomic mass is 16.4. The van der Waals surface area contributed by atoms with Crippen LogP contribution in [0.4, 0.5) is 0 Å². The van der Waals surface area contributed by atoms with Gasteiger partial charge in [-0.15, -0.1) is 0 Å². The second-order valence-corrected chi connectivity index (χ2v) is 6.41. The third kappa shape index (κ3) is 4.49. The van der Waals surface area contributed by atoms with Gasteiger partial charge in [0.05, 0.1) is 11.0 Å². The zero-order valence-electron chi connectivity index (χ0n) is 15.8. The van der Waals surface area contributed by atoms with Gasteiger partial charge in [0.1, 0.15) is 0 Å². The Morgan fingerprint density at radius 1 is 1.17 bits per heavy atom. The molecule has 3 aromatic rings. The molecule has 8 nitrogen and oxygen atoms in total. The van der Waals surface area contributed by atoms with Crippen molar-refractivity contribution in [3.63, 3.8) is 0 Å². The van der Waals surface area contributed by atoms with Crippen LogP contribution in [-0.4, -0.2) is 32.4 Å². The average molecular weight is 392 g/mol. The molecule has 0 aliphatic heterocycles. The maximum atomic E-state index is 12.6. The molecule has 2 amide bonds. The van der Waals surface area contributed by atoms with Crippen LogP contribution in [0, 0.1) is 0 Å². The van der Waals surface area contributed by atoms with E-state index in [1.807, 2.05) is 17.6 Å². The second-order valence-electron chi connectivity index (χ2n) is 6.41. The number of carboxylic acid groups (broad SMARTS) is 1. The summed E-state index contributed by atoms with van der Waals surface area (Å²) in [7, 11) is 0. The minimum atomic E-state index is -1.03. The number of amides is 2. The normalized spacial score (nSPS) is 12.0. The molecule has 8 heteroatoms. The van der Waals surface area contributed by atoms with E-state index in [-0.39, 0.29) is 11.1 Å². The van der Waals surface area contributed by atoms with Crippen molar-refractivity contribution < 1.29 is 19.5 Å². The molecular formula is C21H20N4O4. The maximum Gasteiger partial charge on any atom is 0.328 e. The number of aliphatic carboxylic acids is 1. The Hall–Kier alpha value is -3.94. The first-order chi connectivity index (χ1) is 13.9. The molecule has 1 aromatic heterocycles. The molecule has 0 saturated heterocycles. The largest absolute Gasteiger partial charge is 0.478 e. The number of nitrogens with zero attached hydrogens (tertiary/aromatic N) is 2. The van der Waals surface area contributed by atoms with Gasteiger partial charge in [-0.2, -0.15) is 4.99 Å². The van der Waals surface area contributed by atoms with E-state index in [0.29, 0.717) is 12.2 Å². The van der Waals surface area contributed by atoms with Crippen LogP contribution in [0.2, 0.25) is 0 Å². The summed E-state index contributed by atoms with van der Waals surface area (Å²) in [6.45, 7) is 2.61. The Bertz CT molecular complexity index is 1200. The minimum Gasteiger partial charge on any atom is -0.478 e. The Kier molecular flexibility index (Phi) is 5.73. The van der Waals surface area contributed by atoms with E-state index in [2.05, 4.69) is 9.98 Å². The zero-order valence-corrected chi connectivity index (χ0v) is 15.8. The fourth-order valence-corrected chi connectivity index (χ4v) is 2.96. The molecule has 0 radical (unpaired) electrons. The van der Waals surface area contributed by atoms with Gasteiger partial charge in [0.2, 0.25) is 11.5 Å². The number of aryl methyl sites for hydroxylation is 1. The van der Waals surface area contributed by atoms with E-state index in [9.17, 15) is 14.4 Å². The lowest BCUT2D eigenvalue weighted by Crippen LogP contribution is -2.21. The van der Waals surface area contributed by atoms with Gasteiger partial charge in [0, 0.05) is 23.7 Å². The summed E-state index contributed by atoms with van der Waals surface area (Å²) in [4.78, 5) is 42.1. The number of carbonyl (C=O) groups is 3. The number of fused-ring (bicyclic) bond motifs is 1. The molecule has 0 fully saturated rings. The summed E-state index contributed by atoms with van der Waals surface area (Å²) < 4.78 is 1.86. The van der Waals surface area contributed by atoms with Gasteiger partial charge in [0.25, 0.3) is 5.91 Å². The summed E-state index contributed by atoms with van der Waals surface area (Å²) in [6.07, 6.45) is 3.38.